The smallest absolute Gasteiger partial charge is 0.132 e. The van der Waals surface area contributed by atoms with Crippen LogP contribution >= 0.6 is 23.2 Å². The van der Waals surface area contributed by atoms with Gasteiger partial charge in [0.2, 0.25) is 0 Å². The van der Waals surface area contributed by atoms with Gasteiger partial charge in [-0.2, -0.15) is 0 Å². The molecule has 0 aromatic heterocycles. The minimum Gasteiger partial charge on any atom is -0.206 e. The standard InChI is InChI=1S/C7H4Cl2F2/c8-3-5-6(10)1-4(9)2-7(5)11/h1-2H,3H2. The van der Waals surface area contributed by atoms with Crippen LogP contribution in [0.3, 0.4) is 0 Å². The average Bonchev–Trinajstić information content (AvgIpc) is 1.85. The average molecular weight is 197 g/mol. The Morgan fingerprint density at radius 2 is 1.64 bits per heavy atom. The number of rotatable bonds is 1. The quantitative estimate of drug-likeness (QED) is 0.605. The highest BCUT2D eigenvalue weighted by molar-refractivity contribution is 6.30. The molecule has 0 heterocycles. The van der Waals surface area contributed by atoms with E-state index in [-0.39, 0.29) is 16.5 Å². The Balaban J connectivity index is 3.25. The van der Waals surface area contributed by atoms with E-state index in [2.05, 4.69) is 0 Å². The van der Waals surface area contributed by atoms with Crippen LogP contribution < -0.4 is 0 Å². The molecule has 0 nitrogen and oxygen atoms in total. The van der Waals surface area contributed by atoms with E-state index in [1.807, 2.05) is 0 Å². The third kappa shape index (κ3) is 1.82. The highest BCUT2D eigenvalue weighted by atomic mass is 35.5. The van der Waals surface area contributed by atoms with E-state index < -0.39 is 11.6 Å². The van der Waals surface area contributed by atoms with Gasteiger partial charge in [-0.3, -0.25) is 0 Å². The molecule has 4 heteroatoms. The molecule has 0 fully saturated rings. The van der Waals surface area contributed by atoms with Crippen LogP contribution in [0.2, 0.25) is 5.02 Å². The minimum atomic E-state index is -0.704. The van der Waals surface area contributed by atoms with Crippen LogP contribution in [0.4, 0.5) is 8.78 Å². The first-order valence-electron chi connectivity index (χ1n) is 2.84. The molecule has 0 radical (unpaired) electrons. The number of alkyl halides is 1. The summed E-state index contributed by atoms with van der Waals surface area (Å²) < 4.78 is 25.4. The first kappa shape index (κ1) is 8.75. The summed E-state index contributed by atoms with van der Waals surface area (Å²) in [5, 5.41) is 0.0360. The second kappa shape index (κ2) is 3.37. The Morgan fingerprint density at radius 1 is 1.18 bits per heavy atom. The van der Waals surface area contributed by atoms with Crippen molar-refractivity contribution in [3.8, 4) is 0 Å². The van der Waals surface area contributed by atoms with Crippen LogP contribution in [0, 0.1) is 11.6 Å². The van der Waals surface area contributed by atoms with Crippen LogP contribution in [0.5, 0.6) is 0 Å². The lowest BCUT2D eigenvalue weighted by atomic mass is 10.2. The highest BCUT2D eigenvalue weighted by Gasteiger charge is 2.08. The van der Waals surface area contributed by atoms with Gasteiger partial charge in [-0.1, -0.05) is 11.6 Å². The molecule has 0 aliphatic rings. The Labute approximate surface area is 72.7 Å². The van der Waals surface area contributed by atoms with E-state index in [4.69, 9.17) is 23.2 Å². The fourth-order valence-electron chi connectivity index (χ4n) is 0.700. The number of hydrogen-bond acceptors (Lipinski definition) is 0. The SMILES string of the molecule is Fc1cc(Cl)cc(F)c1CCl. The zero-order valence-corrected chi connectivity index (χ0v) is 6.89. The van der Waals surface area contributed by atoms with Crippen molar-refractivity contribution in [2.24, 2.45) is 0 Å². The monoisotopic (exact) mass is 196 g/mol. The van der Waals surface area contributed by atoms with E-state index in [0.29, 0.717) is 0 Å². The van der Waals surface area contributed by atoms with Crippen LogP contribution in [-0.2, 0) is 5.88 Å². The molecular formula is C7H4Cl2F2. The molecule has 11 heavy (non-hydrogen) atoms. The second-order valence-corrected chi connectivity index (χ2v) is 2.69. The molecule has 60 valence electrons. The first-order valence-corrected chi connectivity index (χ1v) is 3.75. The van der Waals surface area contributed by atoms with Gasteiger partial charge < -0.3 is 0 Å². The second-order valence-electron chi connectivity index (χ2n) is 1.98. The largest absolute Gasteiger partial charge is 0.206 e. The van der Waals surface area contributed by atoms with Gasteiger partial charge in [-0.25, -0.2) is 8.78 Å². The van der Waals surface area contributed by atoms with Crippen LogP contribution in [0.1, 0.15) is 5.56 Å². The maximum atomic E-state index is 12.7. The van der Waals surface area contributed by atoms with Gasteiger partial charge >= 0.3 is 0 Å². The van der Waals surface area contributed by atoms with E-state index >= 15 is 0 Å². The molecule has 0 aliphatic carbocycles. The van der Waals surface area contributed by atoms with E-state index in [1.54, 1.807) is 0 Å². The summed E-state index contributed by atoms with van der Waals surface area (Å²) in [4.78, 5) is 0. The molecule has 1 rings (SSSR count). The number of halogens is 4. The van der Waals surface area contributed by atoms with Crippen molar-refractivity contribution < 1.29 is 8.78 Å². The predicted octanol–water partition coefficient (Wildman–Crippen LogP) is 3.36. The molecule has 0 N–H and O–H groups in total. The lowest BCUT2D eigenvalue weighted by Crippen LogP contribution is -1.91. The third-order valence-electron chi connectivity index (χ3n) is 1.24. The normalized spacial score (nSPS) is 10.2. The Kier molecular flexibility index (Phi) is 2.68. The van der Waals surface area contributed by atoms with E-state index in [1.165, 1.54) is 0 Å². The molecule has 0 spiro atoms. The Morgan fingerprint density at radius 3 is 2.00 bits per heavy atom. The van der Waals surface area contributed by atoms with Crippen LogP contribution in [0.25, 0.3) is 0 Å². The van der Waals surface area contributed by atoms with Crippen molar-refractivity contribution in [1.29, 1.82) is 0 Å². The van der Waals surface area contributed by atoms with Crippen molar-refractivity contribution in [2.45, 2.75) is 5.88 Å². The zero-order chi connectivity index (χ0) is 8.43. The molecule has 1 aromatic carbocycles. The minimum absolute atomic E-state index is 0.0360. The lowest BCUT2D eigenvalue weighted by molar-refractivity contribution is 0.566. The molecule has 0 aliphatic heterocycles. The summed E-state index contributed by atoms with van der Waals surface area (Å²) in [6.07, 6.45) is 0. The van der Waals surface area contributed by atoms with Crippen LogP contribution in [0.15, 0.2) is 12.1 Å². The molecule has 1 aromatic rings. The number of hydrogen-bond donors (Lipinski definition) is 0. The summed E-state index contributed by atoms with van der Waals surface area (Å²) in [5.74, 6) is -1.59. The van der Waals surface area contributed by atoms with Gasteiger partial charge in [0.1, 0.15) is 11.6 Å². The van der Waals surface area contributed by atoms with Gasteiger partial charge in [-0.05, 0) is 12.1 Å². The summed E-state index contributed by atoms with van der Waals surface area (Å²) >= 11 is 10.6. The molecule has 0 bridgehead atoms. The highest BCUT2D eigenvalue weighted by Crippen LogP contribution is 2.19. The maximum Gasteiger partial charge on any atom is 0.132 e. The number of benzene rings is 1. The van der Waals surface area contributed by atoms with Crippen molar-refractivity contribution in [3.05, 3.63) is 34.4 Å². The van der Waals surface area contributed by atoms with E-state index in [0.717, 1.165) is 12.1 Å². The molecule has 0 unspecified atom stereocenters. The first-order chi connectivity index (χ1) is 5.15. The van der Waals surface area contributed by atoms with Crippen molar-refractivity contribution in [3.63, 3.8) is 0 Å². The van der Waals surface area contributed by atoms with Gasteiger partial charge in [0, 0.05) is 10.6 Å². The van der Waals surface area contributed by atoms with Gasteiger partial charge in [0.15, 0.2) is 0 Å². The maximum absolute atomic E-state index is 12.7. The fraction of sp³-hybridized carbons (Fsp3) is 0.143. The Hall–Kier alpha value is -0.340. The van der Waals surface area contributed by atoms with E-state index in [9.17, 15) is 8.78 Å². The van der Waals surface area contributed by atoms with Crippen molar-refractivity contribution in [2.75, 3.05) is 0 Å². The fourth-order valence-corrected chi connectivity index (χ4v) is 1.15. The molecule has 0 atom stereocenters. The topological polar surface area (TPSA) is 0 Å². The van der Waals surface area contributed by atoms with Crippen molar-refractivity contribution in [1.82, 2.24) is 0 Å². The summed E-state index contributed by atoms with van der Waals surface area (Å²) in [6, 6.07) is 2.06. The van der Waals surface area contributed by atoms with Gasteiger partial charge in [-0.15, -0.1) is 11.6 Å². The predicted molar refractivity (Wildman–Crippen MR) is 40.9 cm³/mol. The van der Waals surface area contributed by atoms with Crippen LogP contribution in [-0.4, -0.2) is 0 Å². The summed E-state index contributed by atoms with van der Waals surface area (Å²) in [7, 11) is 0. The Bertz CT molecular complexity index is 250. The molecule has 0 saturated carbocycles. The zero-order valence-electron chi connectivity index (χ0n) is 5.37. The molecule has 0 saturated heterocycles. The van der Waals surface area contributed by atoms with Gasteiger partial charge in [0.25, 0.3) is 0 Å². The van der Waals surface area contributed by atoms with Crippen molar-refractivity contribution >= 4 is 23.2 Å². The third-order valence-corrected chi connectivity index (χ3v) is 1.72. The summed E-state index contributed by atoms with van der Waals surface area (Å²) in [5.41, 5.74) is -0.143. The molecular weight excluding hydrogens is 193 g/mol. The summed E-state index contributed by atoms with van der Waals surface area (Å²) in [6.45, 7) is 0. The van der Waals surface area contributed by atoms with Gasteiger partial charge in [0.05, 0.1) is 5.88 Å². The molecule has 0 amide bonds. The lowest BCUT2D eigenvalue weighted by Gasteiger charge is -1.99.